The molecule has 0 aromatic carbocycles. The Balaban J connectivity index is 1.95. The van der Waals surface area contributed by atoms with Crippen LogP contribution in [0.25, 0.3) is 0 Å². The summed E-state index contributed by atoms with van der Waals surface area (Å²) in [5.41, 5.74) is 0. The molecule has 1 N–H and O–H groups in total. The van der Waals surface area contributed by atoms with Crippen molar-refractivity contribution in [2.75, 3.05) is 6.54 Å². The molecule has 1 aliphatic rings. The highest BCUT2D eigenvalue weighted by Crippen LogP contribution is 2.31. The van der Waals surface area contributed by atoms with E-state index in [4.69, 9.17) is 9.52 Å². The summed E-state index contributed by atoms with van der Waals surface area (Å²) in [6.07, 6.45) is 3.35. The number of aliphatic carboxylic acids is 1. The largest absolute Gasteiger partial charge is 0.481 e. The fraction of sp³-hybridized carbons (Fsp3) is 0.500. The Morgan fingerprint density at radius 3 is 2.76 bits per heavy atom. The van der Waals surface area contributed by atoms with Gasteiger partial charge in [0.15, 0.2) is 0 Å². The molecule has 0 bridgehead atoms. The maximum Gasteiger partial charge on any atom is 0.305 e. The highest BCUT2D eigenvalue weighted by molar-refractivity contribution is 5.81. The molecule has 1 amide bonds. The van der Waals surface area contributed by atoms with Crippen LogP contribution in [0, 0.1) is 5.92 Å². The van der Waals surface area contributed by atoms with E-state index in [1.54, 1.807) is 23.3 Å². The van der Waals surface area contributed by atoms with Crippen LogP contribution >= 0.6 is 0 Å². The average Bonchev–Trinajstić information content (AvgIpc) is 3.02. The molecule has 1 aromatic rings. The minimum Gasteiger partial charge on any atom is -0.481 e. The predicted molar refractivity (Wildman–Crippen MR) is 59.1 cm³/mol. The van der Waals surface area contributed by atoms with E-state index < -0.39 is 5.97 Å². The van der Waals surface area contributed by atoms with Crippen LogP contribution in [0.3, 0.4) is 0 Å². The summed E-state index contributed by atoms with van der Waals surface area (Å²) in [4.78, 5) is 24.1. The van der Waals surface area contributed by atoms with Gasteiger partial charge >= 0.3 is 5.97 Å². The Labute approximate surface area is 99.0 Å². The quantitative estimate of drug-likeness (QED) is 0.813. The molecule has 1 fully saturated rings. The van der Waals surface area contributed by atoms with Gasteiger partial charge in [-0.05, 0) is 25.0 Å². The lowest BCUT2D eigenvalue weighted by Gasteiger charge is -2.20. The van der Waals surface area contributed by atoms with Gasteiger partial charge in [0.2, 0.25) is 5.91 Å². The fourth-order valence-corrected chi connectivity index (χ4v) is 1.68. The zero-order valence-corrected chi connectivity index (χ0v) is 9.46. The second-order valence-corrected chi connectivity index (χ2v) is 4.26. The summed E-state index contributed by atoms with van der Waals surface area (Å²) in [6, 6.07) is 3.54. The zero-order chi connectivity index (χ0) is 12.3. The number of carbonyl (C=O) groups is 2. The third kappa shape index (κ3) is 3.34. The molecule has 5 heteroatoms. The van der Waals surface area contributed by atoms with Crippen LogP contribution in [-0.2, 0) is 16.1 Å². The van der Waals surface area contributed by atoms with Gasteiger partial charge in [-0.1, -0.05) is 0 Å². The smallest absolute Gasteiger partial charge is 0.305 e. The Morgan fingerprint density at radius 1 is 1.47 bits per heavy atom. The normalized spacial score (nSPS) is 14.6. The lowest BCUT2D eigenvalue weighted by Crippen LogP contribution is -2.33. The molecule has 17 heavy (non-hydrogen) atoms. The first-order valence-corrected chi connectivity index (χ1v) is 5.70. The Kier molecular flexibility index (Phi) is 3.46. The first-order valence-electron chi connectivity index (χ1n) is 5.70. The minimum atomic E-state index is -0.891. The molecule has 1 aliphatic carbocycles. The third-order valence-corrected chi connectivity index (χ3v) is 2.76. The van der Waals surface area contributed by atoms with Crippen molar-refractivity contribution >= 4 is 11.9 Å². The highest BCUT2D eigenvalue weighted by Gasteiger charge is 2.33. The van der Waals surface area contributed by atoms with E-state index in [9.17, 15) is 9.59 Å². The molecule has 1 heterocycles. The van der Waals surface area contributed by atoms with Gasteiger partial charge in [0.05, 0.1) is 19.2 Å². The summed E-state index contributed by atoms with van der Waals surface area (Å²) in [5.74, 6) is -0.0659. The van der Waals surface area contributed by atoms with Gasteiger partial charge in [-0.15, -0.1) is 0 Å². The van der Waals surface area contributed by atoms with Gasteiger partial charge in [0.1, 0.15) is 5.76 Å². The number of nitrogens with zero attached hydrogens (tertiary/aromatic N) is 1. The third-order valence-electron chi connectivity index (χ3n) is 2.76. The molecule has 0 unspecified atom stereocenters. The van der Waals surface area contributed by atoms with E-state index >= 15 is 0 Å². The number of furan rings is 1. The molecular formula is C12H15NO4. The van der Waals surface area contributed by atoms with Crippen molar-refractivity contribution in [3.05, 3.63) is 24.2 Å². The van der Waals surface area contributed by atoms with Crippen molar-refractivity contribution in [1.82, 2.24) is 4.90 Å². The van der Waals surface area contributed by atoms with E-state index in [1.807, 2.05) is 0 Å². The molecule has 0 saturated heterocycles. The van der Waals surface area contributed by atoms with Gasteiger partial charge in [-0.25, -0.2) is 0 Å². The SMILES string of the molecule is O=C(O)CCN(Cc1ccco1)C(=O)C1CC1. The zero-order valence-electron chi connectivity index (χ0n) is 9.46. The average molecular weight is 237 g/mol. The molecule has 2 rings (SSSR count). The monoisotopic (exact) mass is 237 g/mol. The van der Waals surface area contributed by atoms with Gasteiger partial charge in [-0.3, -0.25) is 9.59 Å². The Morgan fingerprint density at radius 2 is 2.24 bits per heavy atom. The lowest BCUT2D eigenvalue weighted by atomic mass is 10.3. The number of carboxylic acid groups (broad SMARTS) is 1. The highest BCUT2D eigenvalue weighted by atomic mass is 16.4. The summed E-state index contributed by atoms with van der Waals surface area (Å²) in [6.45, 7) is 0.598. The van der Waals surface area contributed by atoms with Crippen LogP contribution in [0.2, 0.25) is 0 Å². The van der Waals surface area contributed by atoms with Crippen LogP contribution in [0.15, 0.2) is 22.8 Å². The van der Waals surface area contributed by atoms with Gasteiger partial charge in [0.25, 0.3) is 0 Å². The molecule has 0 spiro atoms. The number of hydrogen-bond donors (Lipinski definition) is 1. The van der Waals surface area contributed by atoms with Crippen molar-refractivity contribution in [2.24, 2.45) is 5.92 Å². The summed E-state index contributed by atoms with van der Waals surface area (Å²) >= 11 is 0. The maximum absolute atomic E-state index is 11.9. The minimum absolute atomic E-state index is 0.0286. The van der Waals surface area contributed by atoms with Crippen molar-refractivity contribution < 1.29 is 19.1 Å². The van der Waals surface area contributed by atoms with Gasteiger partial charge in [0, 0.05) is 12.5 Å². The molecule has 5 nitrogen and oxygen atoms in total. The van der Waals surface area contributed by atoms with Crippen LogP contribution in [0.5, 0.6) is 0 Å². The Hall–Kier alpha value is -1.78. The summed E-state index contributed by atoms with van der Waals surface area (Å²) in [7, 11) is 0. The van der Waals surface area contributed by atoms with E-state index in [1.165, 1.54) is 0 Å². The van der Waals surface area contributed by atoms with Crippen molar-refractivity contribution in [3.63, 3.8) is 0 Å². The van der Waals surface area contributed by atoms with Crippen molar-refractivity contribution in [2.45, 2.75) is 25.8 Å². The molecular weight excluding hydrogens is 222 g/mol. The standard InChI is InChI=1S/C12H15NO4/c14-11(15)5-6-13(12(16)9-3-4-9)8-10-2-1-7-17-10/h1-2,7,9H,3-6,8H2,(H,14,15). The van der Waals surface area contributed by atoms with Crippen molar-refractivity contribution in [3.8, 4) is 0 Å². The van der Waals surface area contributed by atoms with Gasteiger partial charge in [-0.2, -0.15) is 0 Å². The molecule has 0 atom stereocenters. The van der Waals surface area contributed by atoms with Crippen LogP contribution < -0.4 is 0 Å². The molecule has 92 valence electrons. The predicted octanol–water partition coefficient (Wildman–Crippen LogP) is 1.49. The number of hydrogen-bond acceptors (Lipinski definition) is 3. The molecule has 0 aliphatic heterocycles. The first kappa shape index (κ1) is 11.7. The first-order chi connectivity index (χ1) is 8.16. The topological polar surface area (TPSA) is 70.8 Å². The second-order valence-electron chi connectivity index (χ2n) is 4.26. The summed E-state index contributed by atoms with van der Waals surface area (Å²) in [5, 5.41) is 8.66. The van der Waals surface area contributed by atoms with Gasteiger partial charge < -0.3 is 14.4 Å². The van der Waals surface area contributed by atoms with Crippen LogP contribution in [-0.4, -0.2) is 28.4 Å². The van der Waals surface area contributed by atoms with Crippen LogP contribution in [0.1, 0.15) is 25.0 Å². The number of rotatable bonds is 6. The maximum atomic E-state index is 11.9. The molecule has 0 radical (unpaired) electrons. The second kappa shape index (κ2) is 5.03. The summed E-state index contributed by atoms with van der Waals surface area (Å²) < 4.78 is 5.18. The molecule has 1 aromatic heterocycles. The lowest BCUT2D eigenvalue weighted by molar-refractivity contribution is -0.139. The molecule has 1 saturated carbocycles. The van der Waals surface area contributed by atoms with E-state index in [-0.39, 0.29) is 24.8 Å². The van der Waals surface area contributed by atoms with E-state index in [0.717, 1.165) is 12.8 Å². The van der Waals surface area contributed by atoms with Crippen molar-refractivity contribution in [1.29, 1.82) is 0 Å². The van der Waals surface area contributed by atoms with E-state index in [2.05, 4.69) is 0 Å². The van der Waals surface area contributed by atoms with E-state index in [0.29, 0.717) is 12.3 Å². The Bertz CT molecular complexity index is 395. The number of amides is 1. The van der Waals surface area contributed by atoms with Crippen LogP contribution in [0.4, 0.5) is 0 Å². The fourth-order valence-electron chi connectivity index (χ4n) is 1.68. The number of carboxylic acids is 1. The number of carbonyl (C=O) groups excluding carboxylic acids is 1.